The molecule has 0 saturated heterocycles. The van der Waals surface area contributed by atoms with Crippen molar-refractivity contribution in [3.63, 3.8) is 0 Å². The van der Waals surface area contributed by atoms with Gasteiger partial charge in [0.1, 0.15) is 0 Å². The topological polar surface area (TPSA) is 85.8 Å². The Labute approximate surface area is 179 Å². The first-order chi connectivity index (χ1) is 14.0. The summed E-state index contributed by atoms with van der Waals surface area (Å²) in [5.74, 6) is 0.625. The van der Waals surface area contributed by atoms with E-state index >= 15 is 0 Å². The van der Waals surface area contributed by atoms with Crippen molar-refractivity contribution in [3.05, 3.63) is 28.8 Å². The van der Waals surface area contributed by atoms with Gasteiger partial charge in [0, 0.05) is 32.7 Å². The van der Waals surface area contributed by atoms with Crippen LogP contribution in [0.15, 0.2) is 23.2 Å². The highest BCUT2D eigenvalue weighted by Crippen LogP contribution is 2.39. The van der Waals surface area contributed by atoms with Crippen molar-refractivity contribution in [2.45, 2.75) is 58.8 Å². The van der Waals surface area contributed by atoms with Gasteiger partial charge in [-0.1, -0.05) is 36.9 Å². The molecule has 0 spiro atoms. The first kappa shape index (κ1) is 23.5. The van der Waals surface area contributed by atoms with Crippen molar-refractivity contribution in [2.24, 2.45) is 10.4 Å². The fraction of sp³-hybridized carbons (Fsp3) is 0.636. The van der Waals surface area contributed by atoms with Gasteiger partial charge in [0.2, 0.25) is 5.91 Å². The molecule has 1 aromatic carbocycles. The third-order valence-electron chi connectivity index (χ3n) is 5.52. The van der Waals surface area contributed by atoms with Crippen molar-refractivity contribution in [1.29, 1.82) is 0 Å². The highest BCUT2D eigenvalue weighted by Gasteiger charge is 2.31. The first-order valence-corrected chi connectivity index (χ1v) is 11.0. The van der Waals surface area contributed by atoms with Crippen molar-refractivity contribution < 1.29 is 9.90 Å². The normalized spacial score (nSPS) is 16.3. The van der Waals surface area contributed by atoms with Crippen LogP contribution in [-0.2, 0) is 4.79 Å². The van der Waals surface area contributed by atoms with E-state index in [1.807, 2.05) is 32.0 Å². The zero-order chi connectivity index (χ0) is 21.1. The number of hydrogen-bond donors (Lipinski definition) is 4. The number of aryl methyl sites for hydroxylation is 1. The Balaban J connectivity index is 1.86. The lowest BCUT2D eigenvalue weighted by Crippen LogP contribution is -2.40. The van der Waals surface area contributed by atoms with Crippen molar-refractivity contribution >= 4 is 29.2 Å². The Morgan fingerprint density at radius 2 is 2.00 bits per heavy atom. The second-order valence-corrected chi connectivity index (χ2v) is 8.34. The van der Waals surface area contributed by atoms with Crippen LogP contribution in [0.4, 0.5) is 5.69 Å². The predicted octanol–water partition coefficient (Wildman–Crippen LogP) is 3.87. The van der Waals surface area contributed by atoms with E-state index in [2.05, 4.69) is 16.0 Å². The summed E-state index contributed by atoms with van der Waals surface area (Å²) >= 11 is 6.18. The molecule has 1 fully saturated rings. The number of anilines is 1. The van der Waals surface area contributed by atoms with E-state index in [1.165, 1.54) is 19.3 Å². The molecule has 0 aromatic heterocycles. The van der Waals surface area contributed by atoms with Gasteiger partial charge >= 0.3 is 0 Å². The molecule has 162 valence electrons. The van der Waals surface area contributed by atoms with Gasteiger partial charge in [-0.25, -0.2) is 0 Å². The van der Waals surface area contributed by atoms with Gasteiger partial charge in [-0.2, -0.15) is 0 Å². The fourth-order valence-electron chi connectivity index (χ4n) is 3.84. The number of halogens is 1. The number of rotatable bonds is 9. The Kier molecular flexibility index (Phi) is 9.74. The second kappa shape index (κ2) is 12.0. The van der Waals surface area contributed by atoms with Gasteiger partial charge in [-0.05, 0) is 56.2 Å². The maximum atomic E-state index is 12.2. The molecule has 1 amide bonds. The lowest BCUT2D eigenvalue weighted by atomic mass is 9.72. The summed E-state index contributed by atoms with van der Waals surface area (Å²) in [6.07, 6.45) is 7.05. The number of aliphatic imine (C=N–C) groups is 1. The van der Waals surface area contributed by atoms with E-state index in [4.69, 9.17) is 16.6 Å². The summed E-state index contributed by atoms with van der Waals surface area (Å²) in [6, 6.07) is 5.57. The molecule has 0 bridgehead atoms. The highest BCUT2D eigenvalue weighted by molar-refractivity contribution is 6.33. The summed E-state index contributed by atoms with van der Waals surface area (Å²) < 4.78 is 0. The molecule has 6 nitrogen and oxygen atoms in total. The van der Waals surface area contributed by atoms with Crippen LogP contribution >= 0.6 is 11.6 Å². The number of aliphatic hydroxyl groups is 1. The van der Waals surface area contributed by atoms with Crippen molar-refractivity contribution in [3.8, 4) is 0 Å². The third-order valence-corrected chi connectivity index (χ3v) is 5.83. The van der Waals surface area contributed by atoms with Crippen LogP contribution in [0.5, 0.6) is 0 Å². The van der Waals surface area contributed by atoms with Crippen LogP contribution in [-0.4, -0.2) is 43.2 Å². The molecule has 29 heavy (non-hydrogen) atoms. The van der Waals surface area contributed by atoms with E-state index in [0.29, 0.717) is 30.2 Å². The Bertz CT molecular complexity index is 682. The number of benzene rings is 1. The van der Waals surface area contributed by atoms with Crippen LogP contribution < -0.4 is 16.0 Å². The molecule has 0 radical (unpaired) electrons. The Morgan fingerprint density at radius 3 is 2.66 bits per heavy atom. The molecule has 1 saturated carbocycles. The smallest absolute Gasteiger partial charge is 0.226 e. The van der Waals surface area contributed by atoms with Gasteiger partial charge in [-0.15, -0.1) is 0 Å². The van der Waals surface area contributed by atoms with Gasteiger partial charge in [0.25, 0.3) is 0 Å². The number of carbonyl (C=O) groups excluding carboxylic acids is 1. The Hall–Kier alpha value is -1.79. The largest absolute Gasteiger partial charge is 0.396 e. The maximum absolute atomic E-state index is 12.2. The number of amides is 1. The van der Waals surface area contributed by atoms with E-state index in [0.717, 1.165) is 37.3 Å². The number of aliphatic hydroxyl groups excluding tert-OH is 1. The standard InChI is InChI=1S/C22H35ClN4O2/c1-3-24-21(26-16-22(12-14-28)10-5-4-6-11-22)25-13-9-20(29)27-19-8-7-17(2)15-18(19)23/h7-8,15,28H,3-6,9-14,16H2,1-2H3,(H,27,29)(H2,24,25,26). The molecule has 0 atom stereocenters. The SMILES string of the molecule is CCNC(=NCC1(CCO)CCCCC1)NCCC(=O)Nc1ccc(C)cc1Cl. The fourth-order valence-corrected chi connectivity index (χ4v) is 4.13. The molecule has 4 N–H and O–H groups in total. The molecule has 2 rings (SSSR count). The molecule has 7 heteroatoms. The minimum atomic E-state index is -0.0943. The molecule has 1 aromatic rings. The maximum Gasteiger partial charge on any atom is 0.226 e. The van der Waals surface area contributed by atoms with Crippen molar-refractivity contribution in [2.75, 3.05) is 31.6 Å². The molecular weight excluding hydrogens is 388 g/mol. The van der Waals surface area contributed by atoms with Crippen LogP contribution in [0.2, 0.25) is 5.02 Å². The molecule has 1 aliphatic rings. The summed E-state index contributed by atoms with van der Waals surface area (Å²) in [6.45, 7) is 6.13. The quantitative estimate of drug-likeness (QED) is 0.359. The number of nitrogens with one attached hydrogen (secondary N) is 3. The van der Waals surface area contributed by atoms with Crippen LogP contribution in [0.3, 0.4) is 0 Å². The van der Waals surface area contributed by atoms with E-state index in [-0.39, 0.29) is 17.9 Å². The minimum absolute atomic E-state index is 0.0943. The lowest BCUT2D eigenvalue weighted by molar-refractivity contribution is -0.116. The number of carbonyl (C=O) groups is 1. The first-order valence-electron chi connectivity index (χ1n) is 10.7. The zero-order valence-corrected chi connectivity index (χ0v) is 18.4. The summed E-state index contributed by atoms with van der Waals surface area (Å²) in [7, 11) is 0. The zero-order valence-electron chi connectivity index (χ0n) is 17.7. The lowest BCUT2D eigenvalue weighted by Gasteiger charge is -2.35. The molecule has 1 aliphatic carbocycles. The summed E-state index contributed by atoms with van der Waals surface area (Å²) in [5, 5.41) is 19.4. The predicted molar refractivity (Wildman–Crippen MR) is 121 cm³/mol. The molecule has 0 unspecified atom stereocenters. The summed E-state index contributed by atoms with van der Waals surface area (Å²) in [5.41, 5.74) is 1.79. The Morgan fingerprint density at radius 1 is 1.24 bits per heavy atom. The average molecular weight is 423 g/mol. The molecule has 0 aliphatic heterocycles. The van der Waals surface area contributed by atoms with Crippen molar-refractivity contribution in [1.82, 2.24) is 10.6 Å². The average Bonchev–Trinajstić information content (AvgIpc) is 2.69. The number of guanidine groups is 1. The van der Waals surface area contributed by atoms with E-state index < -0.39 is 0 Å². The van der Waals surface area contributed by atoms with Crippen LogP contribution in [0.25, 0.3) is 0 Å². The van der Waals surface area contributed by atoms with Gasteiger partial charge in [-0.3, -0.25) is 9.79 Å². The van der Waals surface area contributed by atoms with Gasteiger partial charge in [0.05, 0.1) is 10.7 Å². The highest BCUT2D eigenvalue weighted by atomic mass is 35.5. The summed E-state index contributed by atoms with van der Waals surface area (Å²) in [4.78, 5) is 17.0. The number of hydrogen-bond acceptors (Lipinski definition) is 3. The van der Waals surface area contributed by atoms with E-state index in [1.54, 1.807) is 0 Å². The van der Waals surface area contributed by atoms with Gasteiger partial charge in [0.15, 0.2) is 5.96 Å². The van der Waals surface area contributed by atoms with Gasteiger partial charge < -0.3 is 21.1 Å². The van der Waals surface area contributed by atoms with Crippen LogP contribution in [0.1, 0.15) is 57.4 Å². The number of nitrogens with zero attached hydrogens (tertiary/aromatic N) is 1. The molecule has 0 heterocycles. The van der Waals surface area contributed by atoms with E-state index in [9.17, 15) is 9.90 Å². The van der Waals surface area contributed by atoms with Crippen LogP contribution in [0, 0.1) is 12.3 Å². The third kappa shape index (κ3) is 7.86. The minimum Gasteiger partial charge on any atom is -0.396 e. The second-order valence-electron chi connectivity index (χ2n) is 7.94. The monoisotopic (exact) mass is 422 g/mol. The molecular formula is C22H35ClN4O2.